The first kappa shape index (κ1) is 13.4. The average Bonchev–Trinajstić information content (AvgIpc) is 2.92. The molecular formula is C17H23N3. The zero-order valence-electron chi connectivity index (χ0n) is 12.2. The van der Waals surface area contributed by atoms with Crippen LogP contribution in [0.15, 0.2) is 30.3 Å². The Labute approximate surface area is 120 Å². The number of nitrogens with one attached hydrogen (secondary N) is 2. The van der Waals surface area contributed by atoms with Crippen molar-refractivity contribution in [3.05, 3.63) is 41.9 Å². The minimum Gasteiger partial charge on any atom is -0.345 e. The molecule has 1 saturated heterocycles. The van der Waals surface area contributed by atoms with Crippen LogP contribution in [-0.2, 0) is 12.8 Å². The van der Waals surface area contributed by atoms with E-state index >= 15 is 0 Å². The van der Waals surface area contributed by atoms with Gasteiger partial charge in [-0.1, -0.05) is 37.3 Å². The van der Waals surface area contributed by atoms with Crippen molar-refractivity contribution in [1.82, 2.24) is 15.3 Å². The molecule has 1 aromatic heterocycles. The Balaban J connectivity index is 1.81. The van der Waals surface area contributed by atoms with E-state index in [2.05, 4.69) is 47.6 Å². The highest BCUT2D eigenvalue weighted by Crippen LogP contribution is 2.24. The summed E-state index contributed by atoms with van der Waals surface area (Å²) in [7, 11) is 0. The predicted molar refractivity (Wildman–Crippen MR) is 82.7 cm³/mol. The van der Waals surface area contributed by atoms with Gasteiger partial charge in [0.2, 0.25) is 0 Å². The Morgan fingerprint density at radius 1 is 1.15 bits per heavy atom. The van der Waals surface area contributed by atoms with Gasteiger partial charge in [-0.05, 0) is 38.3 Å². The highest BCUT2D eigenvalue weighted by Gasteiger charge is 2.17. The number of aromatic amines is 1. The molecule has 0 atom stereocenters. The van der Waals surface area contributed by atoms with Crippen molar-refractivity contribution in [2.45, 2.75) is 32.6 Å². The van der Waals surface area contributed by atoms with Crippen LogP contribution in [0.3, 0.4) is 0 Å². The Hall–Kier alpha value is -1.61. The summed E-state index contributed by atoms with van der Waals surface area (Å²) >= 11 is 0. The van der Waals surface area contributed by atoms with Gasteiger partial charge in [-0.15, -0.1) is 0 Å². The second-order valence-electron chi connectivity index (χ2n) is 5.63. The van der Waals surface area contributed by atoms with Crippen molar-refractivity contribution in [2.24, 2.45) is 5.92 Å². The zero-order chi connectivity index (χ0) is 13.8. The molecule has 3 rings (SSSR count). The molecule has 0 radical (unpaired) electrons. The summed E-state index contributed by atoms with van der Waals surface area (Å²) in [5.74, 6) is 1.93. The van der Waals surface area contributed by atoms with Crippen LogP contribution in [0, 0.1) is 5.92 Å². The second kappa shape index (κ2) is 6.23. The molecule has 1 fully saturated rings. The van der Waals surface area contributed by atoms with Gasteiger partial charge in [0, 0.05) is 17.7 Å². The van der Waals surface area contributed by atoms with E-state index in [1.807, 2.05) is 0 Å². The second-order valence-corrected chi connectivity index (χ2v) is 5.63. The van der Waals surface area contributed by atoms with Gasteiger partial charge in [-0.2, -0.15) is 0 Å². The van der Waals surface area contributed by atoms with Crippen LogP contribution in [-0.4, -0.2) is 23.1 Å². The molecule has 1 aliphatic heterocycles. The lowest BCUT2D eigenvalue weighted by atomic mass is 9.94. The molecule has 2 aromatic rings. The fraction of sp³-hybridized carbons (Fsp3) is 0.471. The van der Waals surface area contributed by atoms with Crippen molar-refractivity contribution in [2.75, 3.05) is 13.1 Å². The molecule has 0 bridgehead atoms. The number of H-pyrrole nitrogens is 1. The molecule has 0 aliphatic carbocycles. The Morgan fingerprint density at radius 3 is 2.60 bits per heavy atom. The van der Waals surface area contributed by atoms with E-state index in [0.29, 0.717) is 0 Å². The van der Waals surface area contributed by atoms with Gasteiger partial charge in [-0.3, -0.25) is 0 Å². The number of rotatable bonds is 4. The molecule has 3 nitrogen and oxygen atoms in total. The fourth-order valence-corrected chi connectivity index (χ4v) is 3.01. The van der Waals surface area contributed by atoms with Crippen LogP contribution < -0.4 is 5.32 Å². The standard InChI is InChI=1S/C17H23N3/c1-2-15-17(14-6-4-3-5-7-14)20-16(19-15)12-13-8-10-18-11-9-13/h3-7,13,18H,2,8-12H2,1H3,(H,19,20). The molecule has 0 saturated carbocycles. The van der Waals surface area contributed by atoms with Gasteiger partial charge < -0.3 is 10.3 Å². The quantitative estimate of drug-likeness (QED) is 0.895. The summed E-state index contributed by atoms with van der Waals surface area (Å²) in [4.78, 5) is 8.42. The summed E-state index contributed by atoms with van der Waals surface area (Å²) in [5, 5.41) is 3.42. The summed E-state index contributed by atoms with van der Waals surface area (Å²) in [5.41, 5.74) is 3.62. The van der Waals surface area contributed by atoms with Crippen LogP contribution in [0.4, 0.5) is 0 Å². The Kier molecular flexibility index (Phi) is 4.16. The lowest BCUT2D eigenvalue weighted by Gasteiger charge is -2.21. The third-order valence-corrected chi connectivity index (χ3v) is 4.17. The monoisotopic (exact) mass is 269 g/mol. The average molecular weight is 269 g/mol. The van der Waals surface area contributed by atoms with Crippen LogP contribution in [0.5, 0.6) is 0 Å². The number of piperidine rings is 1. The van der Waals surface area contributed by atoms with E-state index in [1.165, 1.54) is 24.1 Å². The molecule has 3 heteroatoms. The van der Waals surface area contributed by atoms with Gasteiger partial charge in [0.1, 0.15) is 5.82 Å². The van der Waals surface area contributed by atoms with Gasteiger partial charge in [0.15, 0.2) is 0 Å². The SMILES string of the molecule is CCc1[nH]c(CC2CCNCC2)nc1-c1ccccc1. The van der Waals surface area contributed by atoms with Crippen molar-refractivity contribution >= 4 is 0 Å². The van der Waals surface area contributed by atoms with Crippen LogP contribution >= 0.6 is 0 Å². The van der Waals surface area contributed by atoms with Crippen LogP contribution in [0.1, 0.15) is 31.3 Å². The first-order chi connectivity index (χ1) is 9.86. The number of aromatic nitrogens is 2. The third kappa shape index (κ3) is 2.93. The molecule has 106 valence electrons. The number of aryl methyl sites for hydroxylation is 1. The minimum atomic E-state index is 0.774. The maximum absolute atomic E-state index is 4.87. The van der Waals surface area contributed by atoms with E-state index in [4.69, 9.17) is 4.98 Å². The summed E-state index contributed by atoms with van der Waals surface area (Å²) in [6.07, 6.45) is 4.62. The van der Waals surface area contributed by atoms with Crippen molar-refractivity contribution in [1.29, 1.82) is 0 Å². The minimum absolute atomic E-state index is 0.774. The van der Waals surface area contributed by atoms with E-state index < -0.39 is 0 Å². The van der Waals surface area contributed by atoms with Crippen LogP contribution in [0.25, 0.3) is 11.3 Å². The highest BCUT2D eigenvalue weighted by atomic mass is 14.9. The molecule has 1 aromatic carbocycles. The first-order valence-electron chi connectivity index (χ1n) is 7.70. The summed E-state index contributed by atoms with van der Waals surface area (Å²) < 4.78 is 0. The van der Waals surface area contributed by atoms with Crippen molar-refractivity contribution < 1.29 is 0 Å². The normalized spacial score (nSPS) is 16.4. The van der Waals surface area contributed by atoms with E-state index in [0.717, 1.165) is 43.4 Å². The molecule has 0 amide bonds. The highest BCUT2D eigenvalue weighted by molar-refractivity contribution is 5.62. The van der Waals surface area contributed by atoms with Crippen molar-refractivity contribution in [3.8, 4) is 11.3 Å². The number of imidazole rings is 1. The third-order valence-electron chi connectivity index (χ3n) is 4.17. The molecule has 2 N–H and O–H groups in total. The van der Waals surface area contributed by atoms with Gasteiger partial charge >= 0.3 is 0 Å². The van der Waals surface area contributed by atoms with Gasteiger partial charge in [0.25, 0.3) is 0 Å². The number of benzene rings is 1. The van der Waals surface area contributed by atoms with E-state index in [9.17, 15) is 0 Å². The molecule has 0 unspecified atom stereocenters. The molecule has 2 heterocycles. The van der Waals surface area contributed by atoms with Crippen LogP contribution in [0.2, 0.25) is 0 Å². The Morgan fingerprint density at radius 2 is 1.90 bits per heavy atom. The zero-order valence-corrected chi connectivity index (χ0v) is 12.2. The first-order valence-corrected chi connectivity index (χ1v) is 7.70. The molecule has 1 aliphatic rings. The predicted octanol–water partition coefficient (Wildman–Crippen LogP) is 3.18. The maximum Gasteiger partial charge on any atom is 0.107 e. The maximum atomic E-state index is 4.87. The smallest absolute Gasteiger partial charge is 0.107 e. The lowest BCUT2D eigenvalue weighted by Crippen LogP contribution is -2.28. The van der Waals surface area contributed by atoms with Crippen molar-refractivity contribution in [3.63, 3.8) is 0 Å². The Bertz CT molecular complexity index is 539. The topological polar surface area (TPSA) is 40.7 Å². The number of hydrogen-bond donors (Lipinski definition) is 2. The van der Waals surface area contributed by atoms with E-state index in [-0.39, 0.29) is 0 Å². The largest absolute Gasteiger partial charge is 0.345 e. The summed E-state index contributed by atoms with van der Waals surface area (Å²) in [6.45, 7) is 4.49. The fourth-order valence-electron chi connectivity index (χ4n) is 3.01. The molecule has 0 spiro atoms. The number of hydrogen-bond acceptors (Lipinski definition) is 2. The molecular weight excluding hydrogens is 246 g/mol. The summed E-state index contributed by atoms with van der Waals surface area (Å²) in [6, 6.07) is 10.5. The van der Waals surface area contributed by atoms with Gasteiger partial charge in [-0.25, -0.2) is 4.98 Å². The van der Waals surface area contributed by atoms with E-state index in [1.54, 1.807) is 0 Å². The molecule has 20 heavy (non-hydrogen) atoms. The lowest BCUT2D eigenvalue weighted by molar-refractivity contribution is 0.368. The number of nitrogens with zero attached hydrogens (tertiary/aromatic N) is 1. The van der Waals surface area contributed by atoms with Gasteiger partial charge in [0.05, 0.1) is 5.69 Å².